The van der Waals surface area contributed by atoms with E-state index in [9.17, 15) is 18.0 Å². The van der Waals surface area contributed by atoms with Gasteiger partial charge in [-0.2, -0.15) is 13.2 Å². The molecule has 0 aromatic heterocycles. The summed E-state index contributed by atoms with van der Waals surface area (Å²) >= 11 is 0. The van der Waals surface area contributed by atoms with Crippen LogP contribution in [0.25, 0.3) is 0 Å². The Morgan fingerprint density at radius 2 is 1.43 bits per heavy atom. The van der Waals surface area contributed by atoms with Gasteiger partial charge in [0.05, 0.1) is 16.8 Å². The van der Waals surface area contributed by atoms with Gasteiger partial charge >= 0.3 is 19.3 Å². The summed E-state index contributed by atoms with van der Waals surface area (Å²) in [6.45, 7) is 9.16. The van der Waals surface area contributed by atoms with Crippen molar-refractivity contribution in [2.75, 3.05) is 10.6 Å². The van der Waals surface area contributed by atoms with Crippen LogP contribution >= 0.6 is 0 Å². The Morgan fingerprint density at radius 3 is 1.97 bits per heavy atom. The number of urea groups is 1. The van der Waals surface area contributed by atoms with Crippen LogP contribution in [-0.4, -0.2) is 24.4 Å². The van der Waals surface area contributed by atoms with Crippen LogP contribution in [0.4, 0.5) is 29.3 Å². The monoisotopic (exact) mass is 420 g/mol. The molecule has 1 saturated heterocycles. The van der Waals surface area contributed by atoms with Gasteiger partial charge in [0.15, 0.2) is 0 Å². The Hall–Kier alpha value is -2.52. The summed E-state index contributed by atoms with van der Waals surface area (Å²) in [7, 11) is -0.988. The smallest absolute Gasteiger partial charge is 0.399 e. The zero-order valence-electron chi connectivity index (χ0n) is 17.5. The van der Waals surface area contributed by atoms with Crippen LogP contribution < -0.4 is 16.1 Å². The lowest BCUT2D eigenvalue weighted by molar-refractivity contribution is -0.137. The summed E-state index contributed by atoms with van der Waals surface area (Å²) in [5.41, 5.74) is -0.610. The normalized spacial score (nSPS) is 17.7. The number of hydrogen-bond acceptors (Lipinski definition) is 3. The minimum absolute atomic E-state index is 0.0147. The number of nitrogens with one attached hydrogen (secondary N) is 2. The highest BCUT2D eigenvalue weighted by atomic mass is 19.4. The van der Waals surface area contributed by atoms with Gasteiger partial charge in [-0.1, -0.05) is 23.8 Å². The number of amides is 2. The zero-order valence-corrected chi connectivity index (χ0v) is 17.5. The maximum Gasteiger partial charge on any atom is 0.494 e. The molecular formula is C21H24BF3N2O3. The van der Waals surface area contributed by atoms with Crippen molar-refractivity contribution in [2.45, 2.75) is 52.0 Å². The van der Waals surface area contributed by atoms with Crippen molar-refractivity contribution in [3.05, 3.63) is 53.6 Å². The molecule has 1 aliphatic heterocycles. The second-order valence-corrected chi connectivity index (χ2v) is 8.37. The number of carbonyl (C=O) groups is 1. The highest BCUT2D eigenvalue weighted by Crippen LogP contribution is 2.37. The number of hydrogen-bond donors (Lipinski definition) is 2. The molecule has 9 heteroatoms. The van der Waals surface area contributed by atoms with E-state index >= 15 is 0 Å². The predicted molar refractivity (Wildman–Crippen MR) is 111 cm³/mol. The molecule has 0 atom stereocenters. The fraction of sp³-hybridized carbons (Fsp3) is 0.381. The first-order valence-corrected chi connectivity index (χ1v) is 9.49. The van der Waals surface area contributed by atoms with Crippen LogP contribution in [-0.2, 0) is 15.5 Å². The summed E-state index contributed by atoms with van der Waals surface area (Å²) in [6.07, 6.45) is -4.59. The van der Waals surface area contributed by atoms with E-state index in [0.29, 0.717) is 5.69 Å². The van der Waals surface area contributed by atoms with Gasteiger partial charge in [-0.3, -0.25) is 0 Å². The third-order valence-electron chi connectivity index (χ3n) is 5.38. The average molecular weight is 420 g/mol. The van der Waals surface area contributed by atoms with E-state index in [1.165, 1.54) is 6.07 Å². The molecule has 5 nitrogen and oxygen atoms in total. The molecule has 2 N–H and O–H groups in total. The molecule has 0 aliphatic carbocycles. The lowest BCUT2D eigenvalue weighted by Crippen LogP contribution is -2.41. The third-order valence-corrected chi connectivity index (χ3v) is 5.38. The fourth-order valence-electron chi connectivity index (χ4n) is 2.93. The highest BCUT2D eigenvalue weighted by Gasteiger charge is 2.52. The Bertz CT molecular complexity index is 928. The number of anilines is 2. The topological polar surface area (TPSA) is 59.6 Å². The number of halogens is 3. The second-order valence-electron chi connectivity index (χ2n) is 8.37. The first kappa shape index (κ1) is 22.2. The van der Waals surface area contributed by atoms with Crippen LogP contribution in [0.5, 0.6) is 0 Å². The van der Waals surface area contributed by atoms with Gasteiger partial charge in [0.1, 0.15) is 0 Å². The van der Waals surface area contributed by atoms with Crippen LogP contribution in [0.2, 0.25) is 0 Å². The molecule has 0 spiro atoms. The van der Waals surface area contributed by atoms with Gasteiger partial charge in [-0.15, -0.1) is 0 Å². The SMILES string of the molecule is Cc1ccc(NC(=O)Nc2cc(B3OC(C)(C)C(C)(C)O3)cc(C(F)(F)F)c2)cc1. The fourth-order valence-corrected chi connectivity index (χ4v) is 2.93. The minimum Gasteiger partial charge on any atom is -0.399 e. The van der Waals surface area contributed by atoms with Gasteiger partial charge in [-0.05, 0) is 64.3 Å². The van der Waals surface area contributed by atoms with E-state index in [-0.39, 0.29) is 11.2 Å². The number of carbonyl (C=O) groups excluding carboxylic acids is 1. The predicted octanol–water partition coefficient (Wildman–Crippen LogP) is 4.96. The maximum absolute atomic E-state index is 13.5. The first-order chi connectivity index (χ1) is 13.8. The van der Waals surface area contributed by atoms with Gasteiger partial charge in [0, 0.05) is 11.4 Å². The minimum atomic E-state index is -4.59. The molecule has 1 heterocycles. The summed E-state index contributed by atoms with van der Waals surface area (Å²) in [5, 5.41) is 5.06. The Balaban J connectivity index is 1.86. The van der Waals surface area contributed by atoms with Crippen molar-refractivity contribution in [3.63, 3.8) is 0 Å². The van der Waals surface area contributed by atoms with E-state index in [4.69, 9.17) is 9.31 Å². The van der Waals surface area contributed by atoms with Crippen molar-refractivity contribution in [2.24, 2.45) is 0 Å². The van der Waals surface area contributed by atoms with E-state index < -0.39 is 36.1 Å². The van der Waals surface area contributed by atoms with E-state index in [1.807, 2.05) is 46.8 Å². The zero-order chi connectivity index (χ0) is 22.3. The number of alkyl halides is 3. The number of rotatable bonds is 3. The molecular weight excluding hydrogens is 396 g/mol. The lowest BCUT2D eigenvalue weighted by atomic mass is 9.78. The van der Waals surface area contributed by atoms with Gasteiger partial charge in [-0.25, -0.2) is 4.79 Å². The second kappa shape index (κ2) is 7.63. The van der Waals surface area contributed by atoms with Crippen molar-refractivity contribution in [1.82, 2.24) is 0 Å². The van der Waals surface area contributed by atoms with Gasteiger partial charge < -0.3 is 19.9 Å². The maximum atomic E-state index is 13.5. The van der Waals surface area contributed by atoms with Crippen molar-refractivity contribution < 1.29 is 27.3 Å². The number of benzene rings is 2. The Morgan fingerprint density at radius 1 is 0.900 bits per heavy atom. The molecule has 160 valence electrons. The molecule has 0 radical (unpaired) electrons. The van der Waals surface area contributed by atoms with Crippen LogP contribution in [0, 0.1) is 6.92 Å². The Labute approximate surface area is 174 Å². The number of aryl methyl sites for hydroxylation is 1. The molecule has 0 bridgehead atoms. The molecule has 1 fully saturated rings. The molecule has 2 aromatic carbocycles. The van der Waals surface area contributed by atoms with Crippen LogP contribution in [0.15, 0.2) is 42.5 Å². The molecule has 2 amide bonds. The van der Waals surface area contributed by atoms with Crippen LogP contribution in [0.3, 0.4) is 0 Å². The summed E-state index contributed by atoms with van der Waals surface area (Å²) in [5.74, 6) is 0. The lowest BCUT2D eigenvalue weighted by Gasteiger charge is -2.32. The Kier molecular flexibility index (Phi) is 5.64. The van der Waals surface area contributed by atoms with Crippen molar-refractivity contribution >= 4 is 30.0 Å². The average Bonchev–Trinajstić information content (AvgIpc) is 2.83. The van der Waals surface area contributed by atoms with Gasteiger partial charge in [0.25, 0.3) is 0 Å². The summed E-state index contributed by atoms with van der Waals surface area (Å²) in [4.78, 5) is 12.3. The molecule has 0 unspecified atom stereocenters. The molecule has 0 saturated carbocycles. The molecule has 3 rings (SSSR count). The molecule has 30 heavy (non-hydrogen) atoms. The first-order valence-electron chi connectivity index (χ1n) is 9.49. The van der Waals surface area contributed by atoms with E-state index in [0.717, 1.165) is 17.7 Å². The van der Waals surface area contributed by atoms with E-state index in [2.05, 4.69) is 10.6 Å². The van der Waals surface area contributed by atoms with Crippen molar-refractivity contribution in [1.29, 1.82) is 0 Å². The van der Waals surface area contributed by atoms with Crippen LogP contribution in [0.1, 0.15) is 38.8 Å². The highest BCUT2D eigenvalue weighted by molar-refractivity contribution is 6.62. The van der Waals surface area contributed by atoms with E-state index in [1.54, 1.807) is 12.1 Å². The van der Waals surface area contributed by atoms with Gasteiger partial charge in [0.2, 0.25) is 0 Å². The summed E-state index contributed by atoms with van der Waals surface area (Å²) < 4.78 is 52.1. The molecule has 2 aromatic rings. The van der Waals surface area contributed by atoms with Crippen molar-refractivity contribution in [3.8, 4) is 0 Å². The molecule has 1 aliphatic rings. The quantitative estimate of drug-likeness (QED) is 0.691. The third kappa shape index (κ3) is 4.79. The largest absolute Gasteiger partial charge is 0.494 e. The summed E-state index contributed by atoms with van der Waals surface area (Å²) in [6, 6.07) is 9.67. The standard InChI is InChI=1S/C21H24BF3N2O3/c1-13-6-8-16(9-7-13)26-18(28)27-17-11-14(21(23,24)25)10-15(12-17)22-29-19(2,3)20(4,5)30-22/h6-12H,1-5H3,(H2,26,27,28).